The number of amidine groups is 1. The maximum absolute atomic E-state index is 8.31. The molecule has 0 aliphatic rings. The first-order valence-electron chi connectivity index (χ1n) is 5.40. The molecule has 15 heavy (non-hydrogen) atoms. The van der Waals surface area contributed by atoms with Crippen molar-refractivity contribution in [3.63, 3.8) is 0 Å². The molecule has 1 unspecified atom stereocenters. The Labute approximate surface area is 91.9 Å². The second kappa shape index (κ2) is 9.35. The number of hydrogen-bond donors (Lipinski definition) is 3. The molecule has 0 aromatic carbocycles. The fraction of sp³-hybridized carbons (Fsp3) is 0.727. The van der Waals surface area contributed by atoms with Crippen LogP contribution in [-0.2, 0) is 0 Å². The van der Waals surface area contributed by atoms with Gasteiger partial charge >= 0.3 is 0 Å². The number of nitrogens with one attached hydrogen (secondary N) is 1. The highest BCUT2D eigenvalue weighted by atomic mass is 16.4. The van der Waals surface area contributed by atoms with Crippen LogP contribution in [0.4, 0.5) is 0 Å². The number of nitrogens with zero attached hydrogens (tertiary/aromatic N) is 1. The normalized spacial score (nSPS) is 13.5. The van der Waals surface area contributed by atoms with Gasteiger partial charge in [0, 0.05) is 6.42 Å². The molecule has 0 spiro atoms. The average molecular weight is 211 g/mol. The van der Waals surface area contributed by atoms with Gasteiger partial charge in [-0.2, -0.15) is 0 Å². The van der Waals surface area contributed by atoms with Crippen molar-refractivity contribution in [3.8, 4) is 12.3 Å². The van der Waals surface area contributed by atoms with Crippen LogP contribution >= 0.6 is 0 Å². The maximum Gasteiger partial charge on any atom is 0.139 e. The number of hydrogen-bond acceptors (Lipinski definition) is 3. The van der Waals surface area contributed by atoms with E-state index in [9.17, 15) is 0 Å². The summed E-state index contributed by atoms with van der Waals surface area (Å²) in [6.07, 6.45) is 9.98. The Kier molecular flexibility index (Phi) is 8.59. The van der Waals surface area contributed by atoms with Crippen molar-refractivity contribution in [1.29, 1.82) is 0 Å². The maximum atomic E-state index is 8.31. The molecule has 0 aromatic rings. The first kappa shape index (κ1) is 13.8. The highest BCUT2D eigenvalue weighted by molar-refractivity contribution is 5.79. The second-order valence-electron chi connectivity index (χ2n) is 3.51. The van der Waals surface area contributed by atoms with E-state index in [0.717, 1.165) is 32.2 Å². The Hall–Kier alpha value is -1.21. The van der Waals surface area contributed by atoms with E-state index < -0.39 is 0 Å². The molecule has 0 radical (unpaired) electrons. The highest BCUT2D eigenvalue weighted by Crippen LogP contribution is 1.97. The number of terminal acetylenes is 1. The number of rotatable bonds is 8. The Bertz CT molecular complexity index is 220. The van der Waals surface area contributed by atoms with Crippen molar-refractivity contribution in [1.82, 2.24) is 5.32 Å². The van der Waals surface area contributed by atoms with Crippen LogP contribution in [-0.4, -0.2) is 23.6 Å². The molecule has 0 aromatic heterocycles. The largest absolute Gasteiger partial charge is 0.409 e. The topological polar surface area (TPSA) is 70.6 Å². The summed E-state index contributed by atoms with van der Waals surface area (Å²) in [5, 5.41) is 14.5. The Morgan fingerprint density at radius 3 is 2.87 bits per heavy atom. The van der Waals surface area contributed by atoms with E-state index in [2.05, 4.69) is 23.3 Å². The van der Waals surface area contributed by atoms with Gasteiger partial charge in [0.1, 0.15) is 5.84 Å². The lowest BCUT2D eigenvalue weighted by Crippen LogP contribution is -2.28. The number of nitrogens with two attached hydrogens (primary N) is 1. The molecule has 0 aliphatic heterocycles. The van der Waals surface area contributed by atoms with Crippen molar-refractivity contribution in [3.05, 3.63) is 0 Å². The van der Waals surface area contributed by atoms with Crippen LogP contribution in [0.15, 0.2) is 5.16 Å². The van der Waals surface area contributed by atoms with E-state index in [-0.39, 0.29) is 11.9 Å². The van der Waals surface area contributed by atoms with Gasteiger partial charge < -0.3 is 16.3 Å². The predicted octanol–water partition coefficient (Wildman–Crippen LogP) is 1.29. The highest BCUT2D eigenvalue weighted by Gasteiger charge is 2.01. The molecular formula is C11H21N3O. The van der Waals surface area contributed by atoms with Crippen molar-refractivity contribution in [2.45, 2.75) is 45.1 Å². The van der Waals surface area contributed by atoms with Crippen LogP contribution < -0.4 is 11.1 Å². The number of unbranched alkanes of at least 4 members (excludes halogenated alkanes) is 1. The van der Waals surface area contributed by atoms with Gasteiger partial charge in [0.2, 0.25) is 0 Å². The molecule has 0 rings (SSSR count). The molecule has 0 amide bonds. The molecule has 0 bridgehead atoms. The first-order valence-corrected chi connectivity index (χ1v) is 5.40. The predicted molar refractivity (Wildman–Crippen MR) is 62.8 cm³/mol. The zero-order valence-corrected chi connectivity index (χ0v) is 9.37. The fourth-order valence-corrected chi connectivity index (χ4v) is 1.29. The zero-order chi connectivity index (χ0) is 11.5. The second-order valence-corrected chi connectivity index (χ2v) is 3.51. The SMILES string of the molecule is C#CC(CCC)NCCCCC(N)=NO. The molecule has 4 nitrogen and oxygen atoms in total. The zero-order valence-electron chi connectivity index (χ0n) is 9.37. The summed E-state index contributed by atoms with van der Waals surface area (Å²) < 4.78 is 0. The average Bonchev–Trinajstić information content (AvgIpc) is 2.26. The molecule has 4 heteroatoms. The summed E-state index contributed by atoms with van der Waals surface area (Å²) in [4.78, 5) is 0. The van der Waals surface area contributed by atoms with Gasteiger partial charge in [-0.05, 0) is 25.8 Å². The Balaban J connectivity index is 3.41. The monoisotopic (exact) mass is 211 g/mol. The van der Waals surface area contributed by atoms with Crippen LogP contribution in [0.5, 0.6) is 0 Å². The Morgan fingerprint density at radius 1 is 1.60 bits per heavy atom. The third-order valence-corrected chi connectivity index (χ3v) is 2.16. The molecule has 86 valence electrons. The molecule has 0 saturated heterocycles. The van der Waals surface area contributed by atoms with E-state index >= 15 is 0 Å². The van der Waals surface area contributed by atoms with Crippen molar-refractivity contribution in [2.24, 2.45) is 10.9 Å². The van der Waals surface area contributed by atoms with Crippen molar-refractivity contribution in [2.75, 3.05) is 6.54 Å². The number of oxime groups is 1. The van der Waals surface area contributed by atoms with Crippen LogP contribution in [0, 0.1) is 12.3 Å². The third-order valence-electron chi connectivity index (χ3n) is 2.16. The van der Waals surface area contributed by atoms with Gasteiger partial charge in [0.15, 0.2) is 0 Å². The van der Waals surface area contributed by atoms with Crippen LogP contribution in [0.3, 0.4) is 0 Å². The van der Waals surface area contributed by atoms with Crippen molar-refractivity contribution >= 4 is 5.84 Å². The van der Waals surface area contributed by atoms with Gasteiger partial charge in [0.25, 0.3) is 0 Å². The molecule has 0 saturated carbocycles. The summed E-state index contributed by atoms with van der Waals surface area (Å²) in [7, 11) is 0. The summed E-state index contributed by atoms with van der Waals surface area (Å²) >= 11 is 0. The van der Waals surface area contributed by atoms with E-state index in [0.29, 0.717) is 6.42 Å². The summed E-state index contributed by atoms with van der Waals surface area (Å²) in [6, 6.07) is 0.179. The van der Waals surface area contributed by atoms with E-state index in [4.69, 9.17) is 17.4 Å². The smallest absolute Gasteiger partial charge is 0.139 e. The lowest BCUT2D eigenvalue weighted by atomic mass is 10.1. The lowest BCUT2D eigenvalue weighted by molar-refractivity contribution is 0.316. The third kappa shape index (κ3) is 7.83. The first-order chi connectivity index (χ1) is 7.24. The van der Waals surface area contributed by atoms with Gasteiger partial charge in [-0.3, -0.25) is 0 Å². The molecule has 0 aliphatic carbocycles. The fourth-order valence-electron chi connectivity index (χ4n) is 1.29. The molecule has 1 atom stereocenters. The van der Waals surface area contributed by atoms with Crippen LogP contribution in [0.25, 0.3) is 0 Å². The standard InChI is InChI=1S/C11H21N3O/c1-3-7-10(4-2)13-9-6-5-8-11(12)14-15/h2,10,13,15H,3,5-9H2,1H3,(H2,12,14). The van der Waals surface area contributed by atoms with Crippen molar-refractivity contribution < 1.29 is 5.21 Å². The molecule has 0 fully saturated rings. The van der Waals surface area contributed by atoms with Gasteiger partial charge in [0.05, 0.1) is 6.04 Å². The van der Waals surface area contributed by atoms with Gasteiger partial charge in [-0.1, -0.05) is 24.4 Å². The Morgan fingerprint density at radius 2 is 2.33 bits per heavy atom. The minimum absolute atomic E-state index is 0.179. The molecular weight excluding hydrogens is 190 g/mol. The van der Waals surface area contributed by atoms with E-state index in [1.54, 1.807) is 0 Å². The van der Waals surface area contributed by atoms with E-state index in [1.807, 2.05) is 0 Å². The molecule has 0 heterocycles. The summed E-state index contributed by atoms with van der Waals surface area (Å²) in [6.45, 7) is 3.00. The minimum Gasteiger partial charge on any atom is -0.409 e. The van der Waals surface area contributed by atoms with Crippen LogP contribution in [0.2, 0.25) is 0 Å². The van der Waals surface area contributed by atoms with E-state index in [1.165, 1.54) is 0 Å². The molecule has 4 N–H and O–H groups in total. The minimum atomic E-state index is 0.179. The lowest BCUT2D eigenvalue weighted by Gasteiger charge is -2.11. The summed E-state index contributed by atoms with van der Waals surface area (Å²) in [5.74, 6) is 3.00. The summed E-state index contributed by atoms with van der Waals surface area (Å²) in [5.41, 5.74) is 5.34. The van der Waals surface area contributed by atoms with Gasteiger partial charge in [-0.15, -0.1) is 6.42 Å². The van der Waals surface area contributed by atoms with Gasteiger partial charge in [-0.25, -0.2) is 0 Å². The quantitative estimate of drug-likeness (QED) is 0.141. The van der Waals surface area contributed by atoms with Crippen LogP contribution in [0.1, 0.15) is 39.0 Å².